The lowest BCUT2D eigenvalue weighted by atomic mass is 10.1. The molecule has 0 atom stereocenters. The molecular weight excluding hydrogens is 320 g/mol. The van der Waals surface area contributed by atoms with Gasteiger partial charge >= 0.3 is 0 Å². The van der Waals surface area contributed by atoms with Crippen LogP contribution in [0.25, 0.3) is 10.8 Å². The first-order chi connectivity index (χ1) is 11.7. The predicted molar refractivity (Wildman–Crippen MR) is 98.9 cm³/mol. The molecule has 5 heteroatoms. The number of amides is 1. The van der Waals surface area contributed by atoms with Crippen LogP contribution in [-0.4, -0.2) is 18.7 Å². The highest BCUT2D eigenvalue weighted by Crippen LogP contribution is 2.20. The van der Waals surface area contributed by atoms with Crippen molar-refractivity contribution in [1.82, 2.24) is 5.43 Å². The fourth-order valence-electron chi connectivity index (χ4n) is 2.26. The second-order valence-corrected chi connectivity index (χ2v) is 6.45. The molecule has 2 aromatic carbocycles. The normalized spacial score (nSPS) is 11.0. The van der Waals surface area contributed by atoms with Crippen molar-refractivity contribution in [3.8, 4) is 5.75 Å². The topological polar surface area (TPSA) is 50.7 Å². The van der Waals surface area contributed by atoms with Gasteiger partial charge in [-0.15, -0.1) is 11.3 Å². The standard InChI is InChI=1S/C19H18N2O2S/c1-2-17-9-10-18(24-17)12-20-21-19(22)13-23-16-8-7-14-5-3-4-6-15(14)11-16/h3-12H,2,13H2,1H3,(H,21,22). The molecule has 1 N–H and O–H groups in total. The quantitative estimate of drug-likeness (QED) is 0.546. The van der Waals surface area contributed by atoms with Crippen LogP contribution in [0.2, 0.25) is 0 Å². The van der Waals surface area contributed by atoms with Gasteiger partial charge in [0.1, 0.15) is 5.75 Å². The molecule has 24 heavy (non-hydrogen) atoms. The van der Waals surface area contributed by atoms with Gasteiger partial charge in [0.2, 0.25) is 0 Å². The van der Waals surface area contributed by atoms with E-state index >= 15 is 0 Å². The number of rotatable bonds is 6. The van der Waals surface area contributed by atoms with Gasteiger partial charge in [-0.05, 0) is 41.5 Å². The molecule has 1 amide bonds. The number of aryl methyl sites for hydroxylation is 1. The van der Waals surface area contributed by atoms with Gasteiger partial charge in [0.15, 0.2) is 6.61 Å². The molecule has 0 fully saturated rings. The van der Waals surface area contributed by atoms with E-state index in [9.17, 15) is 4.79 Å². The van der Waals surface area contributed by atoms with Crippen molar-refractivity contribution in [3.63, 3.8) is 0 Å². The molecule has 1 aromatic heterocycles. The van der Waals surface area contributed by atoms with Crippen LogP contribution in [0.3, 0.4) is 0 Å². The Kier molecular flexibility index (Phi) is 5.23. The molecule has 0 unspecified atom stereocenters. The van der Waals surface area contributed by atoms with Crippen LogP contribution in [0.5, 0.6) is 5.75 Å². The maximum atomic E-state index is 11.8. The van der Waals surface area contributed by atoms with Crippen molar-refractivity contribution in [2.24, 2.45) is 5.10 Å². The number of hydrogen-bond acceptors (Lipinski definition) is 4. The maximum Gasteiger partial charge on any atom is 0.277 e. The lowest BCUT2D eigenvalue weighted by Crippen LogP contribution is -2.24. The van der Waals surface area contributed by atoms with Crippen LogP contribution in [0.1, 0.15) is 16.7 Å². The monoisotopic (exact) mass is 338 g/mol. The van der Waals surface area contributed by atoms with E-state index in [-0.39, 0.29) is 12.5 Å². The number of carbonyl (C=O) groups excluding carboxylic acids is 1. The fraction of sp³-hybridized carbons (Fsp3) is 0.158. The van der Waals surface area contributed by atoms with Crippen LogP contribution in [0.4, 0.5) is 0 Å². The lowest BCUT2D eigenvalue weighted by molar-refractivity contribution is -0.123. The summed E-state index contributed by atoms with van der Waals surface area (Å²) >= 11 is 1.66. The highest BCUT2D eigenvalue weighted by atomic mass is 32.1. The van der Waals surface area contributed by atoms with Crippen molar-refractivity contribution in [3.05, 3.63) is 64.4 Å². The number of fused-ring (bicyclic) bond motifs is 1. The van der Waals surface area contributed by atoms with Crippen molar-refractivity contribution in [1.29, 1.82) is 0 Å². The summed E-state index contributed by atoms with van der Waals surface area (Å²) < 4.78 is 5.52. The molecule has 0 radical (unpaired) electrons. The second kappa shape index (κ2) is 7.75. The van der Waals surface area contributed by atoms with Crippen molar-refractivity contribution >= 4 is 34.2 Å². The van der Waals surface area contributed by atoms with Crippen LogP contribution in [-0.2, 0) is 11.2 Å². The first kappa shape index (κ1) is 16.2. The lowest BCUT2D eigenvalue weighted by Gasteiger charge is -2.06. The summed E-state index contributed by atoms with van der Waals surface area (Å²) in [6.45, 7) is 2.04. The van der Waals surface area contributed by atoms with Gasteiger partial charge in [0.25, 0.3) is 5.91 Å². The fourth-order valence-corrected chi connectivity index (χ4v) is 3.08. The molecule has 0 saturated heterocycles. The van der Waals surface area contributed by atoms with Gasteiger partial charge in [0, 0.05) is 9.75 Å². The summed E-state index contributed by atoms with van der Waals surface area (Å²) in [6, 6.07) is 17.8. The number of nitrogens with zero attached hydrogens (tertiary/aromatic N) is 1. The number of benzene rings is 2. The molecule has 1 heterocycles. The van der Waals surface area contributed by atoms with E-state index in [1.54, 1.807) is 17.6 Å². The van der Waals surface area contributed by atoms with Crippen LogP contribution in [0, 0.1) is 0 Å². The zero-order valence-electron chi connectivity index (χ0n) is 13.4. The average Bonchev–Trinajstić information content (AvgIpc) is 3.08. The molecule has 0 aliphatic heterocycles. The minimum atomic E-state index is -0.285. The third kappa shape index (κ3) is 4.20. The highest BCUT2D eigenvalue weighted by molar-refractivity contribution is 7.13. The summed E-state index contributed by atoms with van der Waals surface area (Å²) in [6.07, 6.45) is 2.65. The summed E-state index contributed by atoms with van der Waals surface area (Å²) in [5.74, 6) is 0.380. The number of nitrogens with one attached hydrogen (secondary N) is 1. The Morgan fingerprint density at radius 1 is 1.17 bits per heavy atom. The van der Waals surface area contributed by atoms with Crippen LogP contribution < -0.4 is 10.2 Å². The van der Waals surface area contributed by atoms with Crippen LogP contribution >= 0.6 is 11.3 Å². The molecule has 0 aliphatic carbocycles. The Morgan fingerprint density at radius 2 is 2.00 bits per heavy atom. The Bertz CT molecular complexity index is 870. The Morgan fingerprint density at radius 3 is 2.79 bits per heavy atom. The smallest absolute Gasteiger partial charge is 0.277 e. The van der Waals surface area contributed by atoms with E-state index in [1.807, 2.05) is 48.5 Å². The minimum absolute atomic E-state index is 0.0691. The van der Waals surface area contributed by atoms with Gasteiger partial charge < -0.3 is 4.74 Å². The van der Waals surface area contributed by atoms with E-state index in [0.29, 0.717) is 5.75 Å². The van der Waals surface area contributed by atoms with E-state index in [2.05, 4.69) is 23.5 Å². The van der Waals surface area contributed by atoms with Crippen LogP contribution in [0.15, 0.2) is 59.7 Å². The summed E-state index contributed by atoms with van der Waals surface area (Å²) in [5, 5.41) is 6.18. The van der Waals surface area contributed by atoms with E-state index in [4.69, 9.17) is 4.74 Å². The van der Waals surface area contributed by atoms with Gasteiger partial charge in [-0.1, -0.05) is 37.3 Å². The zero-order chi connectivity index (χ0) is 16.8. The summed E-state index contributed by atoms with van der Waals surface area (Å²) in [7, 11) is 0. The maximum absolute atomic E-state index is 11.8. The molecule has 4 nitrogen and oxygen atoms in total. The Labute approximate surface area is 144 Å². The largest absolute Gasteiger partial charge is 0.484 e. The Balaban J connectivity index is 1.51. The van der Waals surface area contributed by atoms with Gasteiger partial charge in [0.05, 0.1) is 6.21 Å². The zero-order valence-corrected chi connectivity index (χ0v) is 14.2. The molecule has 0 spiro atoms. The number of thiophene rings is 1. The van der Waals surface area contributed by atoms with Gasteiger partial charge in [-0.25, -0.2) is 5.43 Å². The molecule has 3 aromatic rings. The van der Waals surface area contributed by atoms with Gasteiger partial charge in [-0.2, -0.15) is 5.10 Å². The first-order valence-corrected chi connectivity index (χ1v) is 8.58. The van der Waals surface area contributed by atoms with E-state index < -0.39 is 0 Å². The molecule has 0 saturated carbocycles. The van der Waals surface area contributed by atoms with Gasteiger partial charge in [-0.3, -0.25) is 4.79 Å². The first-order valence-electron chi connectivity index (χ1n) is 7.77. The average molecular weight is 338 g/mol. The highest BCUT2D eigenvalue weighted by Gasteiger charge is 2.02. The molecular formula is C19H18N2O2S. The van der Waals surface area contributed by atoms with Crippen molar-refractivity contribution in [2.45, 2.75) is 13.3 Å². The third-order valence-corrected chi connectivity index (χ3v) is 4.67. The van der Waals surface area contributed by atoms with E-state index in [1.165, 1.54) is 4.88 Å². The SMILES string of the molecule is CCc1ccc(C=NNC(=O)COc2ccc3ccccc3c2)s1. The van der Waals surface area contributed by atoms with E-state index in [0.717, 1.165) is 22.1 Å². The molecule has 3 rings (SSSR count). The third-order valence-electron chi connectivity index (χ3n) is 3.50. The summed E-state index contributed by atoms with van der Waals surface area (Å²) in [5.41, 5.74) is 2.48. The predicted octanol–water partition coefficient (Wildman–Crippen LogP) is 3.99. The number of carbonyl (C=O) groups is 1. The molecule has 122 valence electrons. The second-order valence-electron chi connectivity index (χ2n) is 5.25. The van der Waals surface area contributed by atoms with Crippen molar-refractivity contribution < 1.29 is 9.53 Å². The Hall–Kier alpha value is -2.66. The molecule has 0 aliphatic rings. The minimum Gasteiger partial charge on any atom is -0.484 e. The number of ether oxygens (including phenoxy) is 1. The number of hydrogen-bond donors (Lipinski definition) is 1. The number of hydrazone groups is 1. The summed E-state index contributed by atoms with van der Waals surface area (Å²) in [4.78, 5) is 14.1. The molecule has 0 bridgehead atoms. The van der Waals surface area contributed by atoms with Crippen molar-refractivity contribution in [2.75, 3.05) is 6.61 Å².